The van der Waals surface area contributed by atoms with Crippen molar-refractivity contribution in [3.05, 3.63) is 295 Å². The van der Waals surface area contributed by atoms with Crippen LogP contribution in [0.25, 0.3) is 98.1 Å². The smallest absolute Gasteiger partial charge is 0.143 e. The van der Waals surface area contributed by atoms with Crippen LogP contribution in [0.2, 0.25) is 0 Å². The van der Waals surface area contributed by atoms with Gasteiger partial charge in [-0.05, 0) is 154 Å². The second-order valence-corrected chi connectivity index (χ2v) is 22.3. The van der Waals surface area contributed by atoms with Gasteiger partial charge >= 0.3 is 0 Å². The van der Waals surface area contributed by atoms with Crippen molar-refractivity contribution in [2.45, 2.75) is 25.2 Å². The van der Waals surface area contributed by atoms with Gasteiger partial charge in [-0.2, -0.15) is 0 Å². The van der Waals surface area contributed by atoms with Gasteiger partial charge < -0.3 is 14.2 Å². The second kappa shape index (κ2) is 18.1. The van der Waals surface area contributed by atoms with Crippen molar-refractivity contribution < 1.29 is 4.42 Å². The van der Waals surface area contributed by atoms with Crippen LogP contribution in [0.3, 0.4) is 0 Å². The monoisotopic (exact) mass is 1020 g/mol. The minimum atomic E-state index is -0.211. The van der Waals surface area contributed by atoms with E-state index in [0.29, 0.717) is 0 Å². The normalized spacial score (nSPS) is 14.3. The number of hydrogen-bond acceptors (Lipinski definition) is 3. The van der Waals surface area contributed by atoms with Crippen LogP contribution in [0, 0.1) is 0 Å². The molecule has 0 spiro atoms. The molecule has 1 aliphatic heterocycles. The fourth-order valence-corrected chi connectivity index (χ4v) is 13.9. The topological polar surface area (TPSA) is 19.6 Å². The molecule has 3 heteroatoms. The number of benzene rings is 12. The standard InChI is InChI=1S/C77H54N2O/c1-77(2)71-34-18-15-30-61(71)62-42-39-53(47-72(62)77)79(51-38-41-60-68(45-51)63-31-16-19-35-73(63)78(50-23-7-4-8-24-50)48-70(60)49-21-5-3-6-22-49)52-37-40-59-57-28-12-10-26-55(57)54-25-9-11-27-56(54)58-29-13-14-33-65(58)75-66(69(59)46-52)43-44-67-64-32-17-20-36-74(64)80-76(67)75/h3-47,70H,48H2,1-2H3. The van der Waals surface area contributed by atoms with Crippen LogP contribution in [0.5, 0.6) is 0 Å². The summed E-state index contributed by atoms with van der Waals surface area (Å²) in [6.07, 6.45) is 0. The van der Waals surface area contributed by atoms with Crippen molar-refractivity contribution >= 4 is 104 Å². The molecule has 0 saturated carbocycles. The highest BCUT2D eigenvalue weighted by molar-refractivity contribution is 6.31. The largest absolute Gasteiger partial charge is 0.455 e. The Morgan fingerprint density at radius 1 is 0.375 bits per heavy atom. The van der Waals surface area contributed by atoms with E-state index in [1.165, 1.54) is 82.8 Å². The van der Waals surface area contributed by atoms with E-state index in [4.69, 9.17) is 4.42 Å². The zero-order chi connectivity index (χ0) is 53.1. The molecular weight excluding hydrogens is 969 g/mol. The first-order valence-corrected chi connectivity index (χ1v) is 28.0. The van der Waals surface area contributed by atoms with Crippen LogP contribution in [-0.2, 0) is 5.41 Å². The molecule has 14 aromatic rings. The quantitative estimate of drug-likeness (QED) is 0.171. The van der Waals surface area contributed by atoms with Gasteiger partial charge in [-0.25, -0.2) is 0 Å². The Morgan fingerprint density at radius 3 is 1.61 bits per heavy atom. The third-order valence-electron chi connectivity index (χ3n) is 17.6. The summed E-state index contributed by atoms with van der Waals surface area (Å²) in [5.74, 6) is 0.0877. The number of nitrogens with zero attached hydrogens (tertiary/aromatic N) is 2. The van der Waals surface area contributed by atoms with E-state index in [0.717, 1.165) is 72.5 Å². The molecule has 13 aromatic carbocycles. The van der Waals surface area contributed by atoms with E-state index in [1.807, 2.05) is 0 Å². The van der Waals surface area contributed by atoms with Crippen molar-refractivity contribution in [1.29, 1.82) is 0 Å². The van der Waals surface area contributed by atoms with Gasteiger partial charge in [-0.1, -0.05) is 220 Å². The van der Waals surface area contributed by atoms with Gasteiger partial charge in [0.15, 0.2) is 0 Å². The zero-order valence-electron chi connectivity index (χ0n) is 44.6. The molecule has 16 rings (SSSR count). The molecule has 0 bridgehead atoms. The first kappa shape index (κ1) is 46.2. The average Bonchev–Trinajstić information content (AvgIpc) is 3.98. The number of fused-ring (bicyclic) bond motifs is 20. The molecular formula is C77H54N2O. The molecule has 1 aromatic heterocycles. The Kier molecular flexibility index (Phi) is 10.4. The van der Waals surface area contributed by atoms with Crippen LogP contribution in [-0.4, -0.2) is 6.54 Å². The number of para-hydroxylation sites is 3. The van der Waals surface area contributed by atoms with Crippen molar-refractivity contribution in [2.24, 2.45) is 0 Å². The molecule has 2 aliphatic rings. The highest BCUT2D eigenvalue weighted by atomic mass is 16.3. The van der Waals surface area contributed by atoms with E-state index in [9.17, 15) is 0 Å². The van der Waals surface area contributed by atoms with Crippen LogP contribution in [0.4, 0.5) is 28.4 Å². The molecule has 0 amide bonds. The molecule has 0 radical (unpaired) electrons. The van der Waals surface area contributed by atoms with Gasteiger partial charge in [-0.15, -0.1) is 0 Å². The Labute approximate surface area is 465 Å². The first-order chi connectivity index (χ1) is 39.5. The predicted octanol–water partition coefficient (Wildman–Crippen LogP) is 21.2. The summed E-state index contributed by atoms with van der Waals surface area (Å²) in [5, 5.41) is 13.7. The maximum Gasteiger partial charge on any atom is 0.143 e. The lowest BCUT2D eigenvalue weighted by atomic mass is 9.82. The third kappa shape index (κ3) is 7.07. The van der Waals surface area contributed by atoms with Crippen molar-refractivity contribution in [2.75, 3.05) is 16.3 Å². The number of anilines is 5. The Bertz CT molecular complexity index is 4920. The maximum absolute atomic E-state index is 7.11. The summed E-state index contributed by atoms with van der Waals surface area (Å²) >= 11 is 0. The Balaban J connectivity index is 1.03. The third-order valence-corrected chi connectivity index (χ3v) is 17.6. The zero-order valence-corrected chi connectivity index (χ0v) is 44.6. The van der Waals surface area contributed by atoms with Gasteiger partial charge in [0, 0.05) is 68.0 Å². The summed E-state index contributed by atoms with van der Waals surface area (Å²) in [6, 6.07) is 102. The van der Waals surface area contributed by atoms with Crippen LogP contribution in [0.15, 0.2) is 277 Å². The molecule has 0 fully saturated rings. The van der Waals surface area contributed by atoms with Crippen molar-refractivity contribution in [3.63, 3.8) is 0 Å². The summed E-state index contributed by atoms with van der Waals surface area (Å²) in [4.78, 5) is 5.04. The molecule has 1 unspecified atom stereocenters. The van der Waals surface area contributed by atoms with Crippen molar-refractivity contribution in [1.82, 2.24) is 0 Å². The highest BCUT2D eigenvalue weighted by Crippen LogP contribution is 2.53. The van der Waals surface area contributed by atoms with E-state index < -0.39 is 0 Å². The highest BCUT2D eigenvalue weighted by Gasteiger charge is 2.36. The fraction of sp³-hybridized carbons (Fsp3) is 0.0649. The van der Waals surface area contributed by atoms with Gasteiger partial charge in [0.1, 0.15) is 11.2 Å². The van der Waals surface area contributed by atoms with E-state index in [2.05, 4.69) is 297 Å². The summed E-state index contributed by atoms with van der Waals surface area (Å²) < 4.78 is 7.11. The second-order valence-electron chi connectivity index (χ2n) is 22.3. The van der Waals surface area contributed by atoms with E-state index >= 15 is 0 Å². The fourth-order valence-electron chi connectivity index (χ4n) is 13.9. The first-order valence-electron chi connectivity index (χ1n) is 28.0. The summed E-state index contributed by atoms with van der Waals surface area (Å²) in [6.45, 7) is 5.56. The molecule has 378 valence electrons. The summed E-state index contributed by atoms with van der Waals surface area (Å²) in [5.41, 5.74) is 17.5. The van der Waals surface area contributed by atoms with E-state index in [-0.39, 0.29) is 11.3 Å². The Morgan fingerprint density at radius 2 is 0.875 bits per heavy atom. The SMILES string of the molecule is CC1(C)c2ccccc2-c2ccc(N(c3ccc4c(c3)-c3ccccc3N(c3ccccc3)CC4c3ccccc3)c3ccc4c5ccccc5c5ccccc5c5ccccc5c5c(ccc6c7ccccc7oc65)c4c3)cc21. The molecule has 3 nitrogen and oxygen atoms in total. The molecule has 2 heterocycles. The number of furan rings is 1. The number of hydrogen-bond donors (Lipinski definition) is 0. The van der Waals surface area contributed by atoms with Gasteiger partial charge in [0.2, 0.25) is 0 Å². The van der Waals surface area contributed by atoms with Gasteiger partial charge in [-0.3, -0.25) is 0 Å². The van der Waals surface area contributed by atoms with Gasteiger partial charge in [0.05, 0.1) is 0 Å². The minimum absolute atomic E-state index is 0.0877. The maximum atomic E-state index is 7.11. The minimum Gasteiger partial charge on any atom is -0.455 e. The molecule has 80 heavy (non-hydrogen) atoms. The van der Waals surface area contributed by atoms with Crippen molar-refractivity contribution in [3.8, 4) is 22.3 Å². The lowest BCUT2D eigenvalue weighted by Gasteiger charge is -2.30. The average molecular weight is 1020 g/mol. The molecule has 1 aliphatic carbocycles. The van der Waals surface area contributed by atoms with Crippen LogP contribution >= 0.6 is 0 Å². The van der Waals surface area contributed by atoms with Gasteiger partial charge in [0.25, 0.3) is 0 Å². The number of rotatable bonds is 5. The lowest BCUT2D eigenvalue weighted by molar-refractivity contribution is 0.660. The Hall–Kier alpha value is -9.96. The molecule has 0 saturated heterocycles. The summed E-state index contributed by atoms with van der Waals surface area (Å²) in [7, 11) is 0. The lowest BCUT2D eigenvalue weighted by Crippen LogP contribution is -2.23. The van der Waals surface area contributed by atoms with E-state index in [1.54, 1.807) is 0 Å². The predicted molar refractivity (Wildman–Crippen MR) is 338 cm³/mol. The van der Waals surface area contributed by atoms with Crippen LogP contribution in [0.1, 0.15) is 42.0 Å². The molecule has 1 atom stereocenters. The van der Waals surface area contributed by atoms with Crippen LogP contribution < -0.4 is 9.80 Å². The molecule has 0 N–H and O–H groups in total.